The lowest BCUT2D eigenvalue weighted by Gasteiger charge is -2.18. The van der Waals surface area contributed by atoms with Crippen molar-refractivity contribution in [3.8, 4) is 0 Å². The molecule has 0 spiro atoms. The third-order valence-corrected chi connectivity index (χ3v) is 10.2. The number of nitrogens with zero attached hydrogens (tertiary/aromatic N) is 4. The molecule has 0 saturated carbocycles. The number of hydrogen-bond donors (Lipinski definition) is 6. The lowest BCUT2D eigenvalue weighted by Crippen LogP contribution is -2.36. The molecule has 5 rings (SSSR count). The standard InChI is InChI=1S/C21H26N5O9PS/c27-8-16-24-19(23-14-6-5-11-3-1-2-4-12(11)14)13-7-22-26(20(13)25-16)21-18(29)17(28)15(35-21)9-37(33,34)10-36(30,31)32/h1-4,7,14-15,17-18,21,27-29H,5-6,8-10H2,(H,23,24,25)(H2,30,31,32)/t14-,15-,17-,18-,21-/m1/s1. The summed E-state index contributed by atoms with van der Waals surface area (Å²) in [4.78, 5) is 26.7. The second-order valence-electron chi connectivity index (χ2n) is 9.16. The molecular weight excluding hydrogens is 529 g/mol. The second-order valence-corrected chi connectivity index (χ2v) is 13.3. The van der Waals surface area contributed by atoms with Gasteiger partial charge in [-0.1, -0.05) is 24.3 Å². The van der Waals surface area contributed by atoms with Crippen LogP contribution in [0.3, 0.4) is 0 Å². The maximum Gasteiger partial charge on any atom is 0.340 e. The average molecular weight is 556 g/mol. The van der Waals surface area contributed by atoms with Crippen molar-refractivity contribution in [1.82, 2.24) is 19.7 Å². The first kappa shape index (κ1) is 26.1. The molecule has 1 saturated heterocycles. The van der Waals surface area contributed by atoms with E-state index in [0.29, 0.717) is 11.2 Å². The van der Waals surface area contributed by atoms with E-state index in [4.69, 9.17) is 14.5 Å². The predicted molar refractivity (Wildman–Crippen MR) is 129 cm³/mol. The molecule has 0 amide bonds. The number of anilines is 1. The number of ether oxygens (including phenoxy) is 1. The van der Waals surface area contributed by atoms with Crippen molar-refractivity contribution in [3.05, 3.63) is 47.4 Å². The van der Waals surface area contributed by atoms with E-state index in [1.54, 1.807) is 0 Å². The van der Waals surface area contributed by atoms with Gasteiger partial charge in [0, 0.05) is 0 Å². The van der Waals surface area contributed by atoms with Crippen LogP contribution in [-0.2, 0) is 32.2 Å². The van der Waals surface area contributed by atoms with Crippen LogP contribution in [0.1, 0.15) is 35.6 Å². The number of nitrogens with one attached hydrogen (secondary N) is 1. The molecule has 6 N–H and O–H groups in total. The van der Waals surface area contributed by atoms with Crippen molar-refractivity contribution in [2.24, 2.45) is 0 Å². The molecule has 1 aliphatic heterocycles. The molecule has 1 fully saturated rings. The molecule has 14 nitrogen and oxygen atoms in total. The van der Waals surface area contributed by atoms with Crippen LogP contribution in [0.25, 0.3) is 11.0 Å². The number of benzene rings is 1. The molecule has 3 aromatic rings. The van der Waals surface area contributed by atoms with Gasteiger partial charge in [0.25, 0.3) is 0 Å². The van der Waals surface area contributed by atoms with Crippen LogP contribution >= 0.6 is 7.60 Å². The summed E-state index contributed by atoms with van der Waals surface area (Å²) in [6.45, 7) is -0.489. The number of aryl methyl sites for hydroxylation is 1. The number of sulfone groups is 1. The first-order valence-electron chi connectivity index (χ1n) is 11.4. The lowest BCUT2D eigenvalue weighted by atomic mass is 10.1. The maximum atomic E-state index is 12.2. The first-order valence-corrected chi connectivity index (χ1v) is 15.0. The fourth-order valence-electron chi connectivity index (χ4n) is 4.84. The Labute approximate surface area is 211 Å². The van der Waals surface area contributed by atoms with Crippen molar-refractivity contribution in [1.29, 1.82) is 0 Å². The highest BCUT2D eigenvalue weighted by atomic mass is 32.2. The Hall–Kier alpha value is -2.49. The van der Waals surface area contributed by atoms with Gasteiger partial charge in [-0.25, -0.2) is 23.1 Å². The largest absolute Gasteiger partial charge is 0.388 e. The van der Waals surface area contributed by atoms with Gasteiger partial charge >= 0.3 is 7.60 Å². The molecule has 1 aliphatic carbocycles. The summed E-state index contributed by atoms with van der Waals surface area (Å²) in [5.41, 5.74) is 1.11. The van der Waals surface area contributed by atoms with Crippen LogP contribution in [0.4, 0.5) is 5.82 Å². The number of fused-ring (bicyclic) bond motifs is 2. The van der Waals surface area contributed by atoms with Crippen LogP contribution in [0.5, 0.6) is 0 Å². The van der Waals surface area contributed by atoms with Gasteiger partial charge in [0.2, 0.25) is 0 Å². The van der Waals surface area contributed by atoms with E-state index >= 15 is 0 Å². The molecule has 0 bridgehead atoms. The van der Waals surface area contributed by atoms with Crippen LogP contribution in [0.2, 0.25) is 0 Å². The molecule has 37 heavy (non-hydrogen) atoms. The SMILES string of the molecule is O=P(O)(O)CS(=O)(=O)C[C@H]1O[C@@H](n2ncc3c(N[C@@H]4CCc5ccccc54)nc(CO)nc32)[C@H](O)[C@@H]1O. The smallest absolute Gasteiger partial charge is 0.340 e. The minimum absolute atomic E-state index is 0.0389. The van der Waals surface area contributed by atoms with Gasteiger partial charge in [0.1, 0.15) is 30.7 Å². The zero-order valence-electron chi connectivity index (χ0n) is 19.3. The Morgan fingerprint density at radius 2 is 1.92 bits per heavy atom. The van der Waals surface area contributed by atoms with Crippen LogP contribution < -0.4 is 5.32 Å². The van der Waals surface area contributed by atoms with E-state index in [1.165, 1.54) is 11.8 Å². The molecule has 3 heterocycles. The van der Waals surface area contributed by atoms with Crippen molar-refractivity contribution < 1.29 is 42.8 Å². The van der Waals surface area contributed by atoms with E-state index in [0.717, 1.165) is 23.1 Å². The molecule has 200 valence electrons. The van der Waals surface area contributed by atoms with Gasteiger partial charge in [-0.2, -0.15) is 5.10 Å². The molecule has 16 heteroatoms. The van der Waals surface area contributed by atoms with Gasteiger partial charge in [-0.15, -0.1) is 0 Å². The molecule has 0 unspecified atom stereocenters. The fraction of sp³-hybridized carbons (Fsp3) is 0.476. The van der Waals surface area contributed by atoms with Gasteiger partial charge in [-0.05, 0) is 24.0 Å². The van der Waals surface area contributed by atoms with Crippen molar-refractivity contribution >= 4 is 34.3 Å². The first-order chi connectivity index (χ1) is 17.5. The normalized spacial score (nSPS) is 26.0. The maximum absolute atomic E-state index is 12.2. The predicted octanol–water partition coefficient (Wildman–Crippen LogP) is -0.413. The van der Waals surface area contributed by atoms with Crippen LogP contribution in [-0.4, -0.2) is 82.8 Å². The van der Waals surface area contributed by atoms with Gasteiger partial charge in [0.05, 0.1) is 23.4 Å². The number of hydrogen-bond acceptors (Lipinski definition) is 11. The number of aliphatic hydroxyl groups is 3. The highest BCUT2D eigenvalue weighted by molar-refractivity contribution is 7.97. The third kappa shape index (κ3) is 5.26. The summed E-state index contributed by atoms with van der Waals surface area (Å²) >= 11 is 0. The monoisotopic (exact) mass is 555 g/mol. The van der Waals surface area contributed by atoms with Gasteiger partial charge < -0.3 is 35.2 Å². The summed E-state index contributed by atoms with van der Waals surface area (Å²) < 4.78 is 42.3. The van der Waals surface area contributed by atoms with E-state index in [9.17, 15) is 28.3 Å². The van der Waals surface area contributed by atoms with Gasteiger partial charge in [0.15, 0.2) is 33.0 Å². The minimum atomic E-state index is -4.88. The minimum Gasteiger partial charge on any atom is -0.388 e. The van der Waals surface area contributed by atoms with E-state index < -0.39 is 59.8 Å². The molecule has 2 aromatic heterocycles. The Morgan fingerprint density at radius 1 is 1.16 bits per heavy atom. The highest BCUT2D eigenvalue weighted by Gasteiger charge is 2.47. The van der Waals surface area contributed by atoms with Crippen LogP contribution in [0.15, 0.2) is 30.5 Å². The Kier molecular flexibility index (Phi) is 6.83. The third-order valence-electron chi connectivity index (χ3n) is 6.45. The number of aromatic nitrogens is 4. The lowest BCUT2D eigenvalue weighted by molar-refractivity contribution is -0.0365. The molecule has 5 atom stereocenters. The zero-order valence-corrected chi connectivity index (χ0v) is 21.0. The Balaban J connectivity index is 1.44. The molecule has 0 radical (unpaired) electrons. The second kappa shape index (κ2) is 9.67. The molecular formula is C21H26N5O9PS. The fourth-order valence-corrected chi connectivity index (χ4v) is 8.09. The molecule has 1 aromatic carbocycles. The number of rotatable bonds is 8. The van der Waals surface area contributed by atoms with E-state index in [1.807, 2.05) is 18.2 Å². The van der Waals surface area contributed by atoms with Crippen molar-refractivity contribution in [2.75, 3.05) is 16.6 Å². The number of aliphatic hydroxyl groups excluding tert-OH is 3. The quantitative estimate of drug-likeness (QED) is 0.195. The van der Waals surface area contributed by atoms with Gasteiger partial charge in [-0.3, -0.25) is 4.57 Å². The summed E-state index contributed by atoms with van der Waals surface area (Å²) in [6, 6.07) is 7.98. The Bertz CT molecular complexity index is 1480. The highest BCUT2D eigenvalue weighted by Crippen LogP contribution is 2.39. The summed E-state index contributed by atoms with van der Waals surface area (Å²) in [5.74, 6) is -0.454. The van der Waals surface area contributed by atoms with Crippen molar-refractivity contribution in [2.45, 2.75) is 50.0 Å². The summed E-state index contributed by atoms with van der Waals surface area (Å²) in [6.07, 6.45) is -2.98. The van der Waals surface area contributed by atoms with Crippen molar-refractivity contribution in [3.63, 3.8) is 0 Å². The Morgan fingerprint density at radius 3 is 2.65 bits per heavy atom. The average Bonchev–Trinajstić information content (AvgIpc) is 3.50. The topological polar surface area (TPSA) is 217 Å². The van der Waals surface area contributed by atoms with Crippen LogP contribution in [0, 0.1) is 0 Å². The summed E-state index contributed by atoms with van der Waals surface area (Å²) in [7, 11) is -9.20. The summed E-state index contributed by atoms with van der Waals surface area (Å²) in [5, 5.41) is 38.9. The van der Waals surface area contributed by atoms with E-state index in [-0.39, 0.29) is 17.5 Å². The molecule has 2 aliphatic rings. The van der Waals surface area contributed by atoms with E-state index in [2.05, 4.69) is 26.4 Å². The zero-order chi connectivity index (χ0) is 26.5.